The molecule has 0 atom stereocenters. The molecule has 2 aliphatic rings. The number of aliphatic imine (C=N–C) groups is 1. The van der Waals surface area contributed by atoms with Crippen LogP contribution in [0.1, 0.15) is 68.6 Å². The maximum absolute atomic E-state index is 13.6. The summed E-state index contributed by atoms with van der Waals surface area (Å²) in [6.45, 7) is 2.33. The Morgan fingerprint density at radius 1 is 0.957 bits per heavy atom. The number of amides is 1. The van der Waals surface area contributed by atoms with Gasteiger partial charge in [-0.1, -0.05) is 104 Å². The Kier molecular flexibility index (Phi) is 9.32. The first-order valence-corrected chi connectivity index (χ1v) is 15.8. The molecule has 1 aliphatic carbocycles. The zero-order valence-electron chi connectivity index (χ0n) is 26.1. The van der Waals surface area contributed by atoms with Crippen LogP contribution in [0.15, 0.2) is 77.8 Å². The third kappa shape index (κ3) is 7.03. The van der Waals surface area contributed by atoms with Gasteiger partial charge in [-0.3, -0.25) is 14.7 Å². The number of hydrogen-bond acceptors (Lipinski definition) is 10. The summed E-state index contributed by atoms with van der Waals surface area (Å²) in [5, 5.41) is 21.9. The number of amidine groups is 1. The Labute approximate surface area is 271 Å². The highest BCUT2D eigenvalue weighted by Crippen LogP contribution is 2.40. The van der Waals surface area contributed by atoms with Gasteiger partial charge in [-0.2, -0.15) is 0 Å². The standard InChI is InChI=1S/C34H35N7O6/c1-2-3-13-30-35-34(18-6-7-19-34)32(42)39(30)21-24-14-16-27(17-15-24)28-11-4-5-12-29(28)31-36-38-40(37-31)33(43)46-22-25-9-8-10-26(20-25)23-47-41(44)45/h4-5,8-12,14-17,20H,2-3,6-7,13,18-19,21-23H2,1H3. The molecule has 1 fully saturated rings. The minimum atomic E-state index is -0.865. The summed E-state index contributed by atoms with van der Waals surface area (Å²) in [5.41, 5.74) is 4.10. The van der Waals surface area contributed by atoms with E-state index in [-0.39, 0.29) is 24.9 Å². The Morgan fingerprint density at radius 2 is 1.68 bits per heavy atom. The van der Waals surface area contributed by atoms with Crippen LogP contribution < -0.4 is 0 Å². The number of unbranched alkanes of at least 4 members (excludes halogenated alkanes) is 1. The fourth-order valence-corrected chi connectivity index (χ4v) is 6.14. The van der Waals surface area contributed by atoms with E-state index in [0.29, 0.717) is 23.2 Å². The van der Waals surface area contributed by atoms with Crippen molar-refractivity contribution in [2.45, 2.75) is 77.2 Å². The summed E-state index contributed by atoms with van der Waals surface area (Å²) >= 11 is 0. The topological polar surface area (TPSA) is 155 Å². The van der Waals surface area contributed by atoms with Gasteiger partial charge in [0.05, 0.1) is 6.54 Å². The van der Waals surface area contributed by atoms with Gasteiger partial charge in [0.2, 0.25) is 5.82 Å². The smallest absolute Gasteiger partial charge is 0.442 e. The van der Waals surface area contributed by atoms with Crippen molar-refractivity contribution in [1.82, 2.24) is 25.1 Å². The summed E-state index contributed by atoms with van der Waals surface area (Å²) < 4.78 is 5.34. The summed E-state index contributed by atoms with van der Waals surface area (Å²) in [7, 11) is 0. The van der Waals surface area contributed by atoms with Gasteiger partial charge in [-0.15, -0.1) is 20.3 Å². The molecule has 13 nitrogen and oxygen atoms in total. The molecular formula is C34H35N7O6. The molecule has 6 rings (SSSR count). The number of hydrogen-bond donors (Lipinski definition) is 0. The number of tetrazole rings is 1. The highest BCUT2D eigenvalue weighted by molar-refractivity contribution is 6.08. The number of carbonyl (C=O) groups is 2. The van der Waals surface area contributed by atoms with Gasteiger partial charge in [-0.25, -0.2) is 4.79 Å². The van der Waals surface area contributed by atoms with E-state index in [0.717, 1.165) is 72.3 Å². The fourth-order valence-electron chi connectivity index (χ4n) is 6.14. The van der Waals surface area contributed by atoms with Gasteiger partial charge in [0.15, 0.2) is 0 Å². The van der Waals surface area contributed by atoms with E-state index in [1.54, 1.807) is 24.3 Å². The van der Waals surface area contributed by atoms with Crippen molar-refractivity contribution < 1.29 is 24.3 Å². The van der Waals surface area contributed by atoms with Crippen LogP contribution in [0, 0.1) is 10.1 Å². The van der Waals surface area contributed by atoms with E-state index in [1.807, 2.05) is 53.4 Å². The van der Waals surface area contributed by atoms with Crippen molar-refractivity contribution in [2.24, 2.45) is 4.99 Å². The Bertz CT molecular complexity index is 1800. The highest BCUT2D eigenvalue weighted by atomic mass is 16.9. The third-order valence-electron chi connectivity index (χ3n) is 8.52. The normalized spacial score (nSPS) is 15.2. The van der Waals surface area contributed by atoms with Gasteiger partial charge in [0, 0.05) is 12.0 Å². The molecule has 1 saturated carbocycles. The molecule has 1 amide bonds. The average Bonchev–Trinajstić information content (AvgIpc) is 3.84. The van der Waals surface area contributed by atoms with Crippen LogP contribution in [0.5, 0.6) is 0 Å². The van der Waals surface area contributed by atoms with E-state index in [2.05, 4.69) is 27.2 Å². The van der Waals surface area contributed by atoms with E-state index in [9.17, 15) is 19.7 Å². The zero-order valence-corrected chi connectivity index (χ0v) is 26.1. The Hall–Kier alpha value is -5.46. The highest BCUT2D eigenvalue weighted by Gasteiger charge is 2.49. The first-order chi connectivity index (χ1) is 22.8. The van der Waals surface area contributed by atoms with E-state index in [4.69, 9.17) is 9.73 Å². The number of ether oxygens (including phenoxy) is 1. The first-order valence-electron chi connectivity index (χ1n) is 15.8. The van der Waals surface area contributed by atoms with Crippen molar-refractivity contribution >= 4 is 17.8 Å². The van der Waals surface area contributed by atoms with E-state index in [1.165, 1.54) is 0 Å². The summed E-state index contributed by atoms with van der Waals surface area (Å²) in [5.74, 6) is 1.30. The van der Waals surface area contributed by atoms with Crippen molar-refractivity contribution in [1.29, 1.82) is 0 Å². The summed E-state index contributed by atoms with van der Waals surface area (Å²) in [6, 6.07) is 22.4. The van der Waals surface area contributed by atoms with Crippen molar-refractivity contribution in [3.05, 3.63) is 99.6 Å². The number of carbonyl (C=O) groups excluding carboxylic acids is 2. The second-order valence-corrected chi connectivity index (χ2v) is 11.8. The SMILES string of the molecule is CCCCC1=NC2(CCCC2)C(=O)N1Cc1ccc(-c2ccccc2-c2nnn(C(=O)OCc3cccc(CO[N+](=O)[O-])c3)n2)cc1. The molecule has 0 bridgehead atoms. The van der Waals surface area contributed by atoms with Gasteiger partial charge in [0.25, 0.3) is 11.0 Å². The van der Waals surface area contributed by atoms with Crippen LogP contribution in [-0.2, 0) is 34.1 Å². The average molecular weight is 638 g/mol. The van der Waals surface area contributed by atoms with Gasteiger partial charge < -0.3 is 9.57 Å². The zero-order chi connectivity index (χ0) is 32.8. The van der Waals surface area contributed by atoms with Gasteiger partial charge in [0.1, 0.15) is 24.6 Å². The number of nitrogens with zero attached hydrogens (tertiary/aromatic N) is 7. The molecule has 1 aliphatic heterocycles. The second kappa shape index (κ2) is 13.9. The van der Waals surface area contributed by atoms with Crippen LogP contribution in [0.2, 0.25) is 0 Å². The molecular weight excluding hydrogens is 602 g/mol. The number of rotatable bonds is 12. The molecule has 0 N–H and O–H groups in total. The maximum atomic E-state index is 13.6. The fraction of sp³-hybridized carbons (Fsp3) is 0.353. The Balaban J connectivity index is 1.13. The lowest BCUT2D eigenvalue weighted by molar-refractivity contribution is -0.763. The van der Waals surface area contributed by atoms with Crippen LogP contribution in [0.3, 0.4) is 0 Å². The predicted molar refractivity (Wildman–Crippen MR) is 171 cm³/mol. The summed E-state index contributed by atoms with van der Waals surface area (Å²) in [6.07, 6.45) is 5.79. The van der Waals surface area contributed by atoms with Crippen LogP contribution in [-0.4, -0.2) is 53.6 Å². The molecule has 2 heterocycles. The van der Waals surface area contributed by atoms with Gasteiger partial charge in [-0.05, 0) is 52.3 Å². The van der Waals surface area contributed by atoms with Crippen LogP contribution in [0.25, 0.3) is 22.5 Å². The first kappa shape index (κ1) is 31.5. The minimum absolute atomic E-state index is 0.0963. The molecule has 4 aromatic rings. The molecule has 0 unspecified atom stereocenters. The molecule has 3 aromatic carbocycles. The minimum Gasteiger partial charge on any atom is -0.442 e. The third-order valence-corrected chi connectivity index (χ3v) is 8.52. The quantitative estimate of drug-likeness (QED) is 0.131. The maximum Gasteiger partial charge on any atom is 0.454 e. The summed E-state index contributed by atoms with van der Waals surface area (Å²) in [4.78, 5) is 48.8. The number of benzene rings is 3. The van der Waals surface area contributed by atoms with Crippen molar-refractivity contribution in [2.75, 3.05) is 0 Å². The molecule has 0 saturated heterocycles. The van der Waals surface area contributed by atoms with E-state index < -0.39 is 16.7 Å². The Morgan fingerprint density at radius 3 is 2.40 bits per heavy atom. The lowest BCUT2D eigenvalue weighted by atomic mass is 9.97. The molecule has 47 heavy (non-hydrogen) atoms. The second-order valence-electron chi connectivity index (χ2n) is 11.8. The van der Waals surface area contributed by atoms with Crippen LogP contribution >= 0.6 is 0 Å². The van der Waals surface area contributed by atoms with Gasteiger partial charge >= 0.3 is 6.09 Å². The van der Waals surface area contributed by atoms with Crippen molar-refractivity contribution in [3.8, 4) is 22.5 Å². The lowest BCUT2D eigenvalue weighted by Gasteiger charge is -2.23. The molecule has 13 heteroatoms. The predicted octanol–water partition coefficient (Wildman–Crippen LogP) is 6.14. The monoisotopic (exact) mass is 637 g/mol. The van der Waals surface area contributed by atoms with E-state index >= 15 is 0 Å². The number of aromatic nitrogens is 4. The lowest BCUT2D eigenvalue weighted by Crippen LogP contribution is -2.40. The van der Waals surface area contributed by atoms with Crippen LogP contribution in [0.4, 0.5) is 4.79 Å². The molecule has 1 aromatic heterocycles. The van der Waals surface area contributed by atoms with Crippen molar-refractivity contribution in [3.63, 3.8) is 0 Å². The molecule has 242 valence electrons. The largest absolute Gasteiger partial charge is 0.454 e. The molecule has 0 radical (unpaired) electrons. The molecule has 1 spiro atoms.